The molecular formula is C17H21N3O. The van der Waals surface area contributed by atoms with Crippen molar-refractivity contribution in [3.8, 4) is 0 Å². The van der Waals surface area contributed by atoms with Crippen LogP contribution >= 0.6 is 0 Å². The Morgan fingerprint density at radius 3 is 2.62 bits per heavy atom. The Morgan fingerprint density at radius 2 is 1.95 bits per heavy atom. The summed E-state index contributed by atoms with van der Waals surface area (Å²) in [7, 11) is 1.93. The number of rotatable bonds is 4. The number of nitrogens with one attached hydrogen (secondary N) is 1. The van der Waals surface area contributed by atoms with Crippen molar-refractivity contribution in [3.63, 3.8) is 0 Å². The maximum absolute atomic E-state index is 6.02. The number of para-hydroxylation sites is 1. The van der Waals surface area contributed by atoms with E-state index in [0.717, 1.165) is 11.3 Å². The standard InChI is InChI=1S/C17H21N3O/c1-11-15-7-5-6-8-16(15)21-17(11)13(3)19-12(2)14-9-18-20(4)10-14/h5-10,12-13,19H,1-4H3/t12-,13-/m1/s1. The number of fused-ring (bicyclic) bond motifs is 1. The fourth-order valence-corrected chi connectivity index (χ4v) is 2.82. The maximum atomic E-state index is 6.02. The van der Waals surface area contributed by atoms with Crippen LogP contribution in [-0.2, 0) is 7.05 Å². The molecule has 0 saturated carbocycles. The average Bonchev–Trinajstić information content (AvgIpc) is 3.04. The highest BCUT2D eigenvalue weighted by atomic mass is 16.3. The van der Waals surface area contributed by atoms with E-state index in [2.05, 4.69) is 37.3 Å². The second-order valence-electron chi connectivity index (χ2n) is 5.64. The van der Waals surface area contributed by atoms with E-state index in [1.54, 1.807) is 0 Å². The lowest BCUT2D eigenvalue weighted by atomic mass is 10.1. The summed E-state index contributed by atoms with van der Waals surface area (Å²) >= 11 is 0. The number of hydrogen-bond acceptors (Lipinski definition) is 3. The second-order valence-corrected chi connectivity index (χ2v) is 5.64. The largest absolute Gasteiger partial charge is 0.459 e. The van der Waals surface area contributed by atoms with Gasteiger partial charge in [0.2, 0.25) is 0 Å². The summed E-state index contributed by atoms with van der Waals surface area (Å²) in [6.45, 7) is 6.40. The summed E-state index contributed by atoms with van der Waals surface area (Å²) in [5.41, 5.74) is 3.34. The Labute approximate surface area is 124 Å². The SMILES string of the molecule is Cc1c([C@@H](C)N[C@H](C)c2cnn(C)c2)oc2ccccc12. The predicted octanol–water partition coefficient (Wildman–Crippen LogP) is 3.89. The minimum Gasteiger partial charge on any atom is -0.459 e. The molecule has 1 aromatic carbocycles. The first kappa shape index (κ1) is 13.9. The molecule has 0 unspecified atom stereocenters. The molecule has 110 valence electrons. The zero-order valence-electron chi connectivity index (χ0n) is 12.9. The van der Waals surface area contributed by atoms with Gasteiger partial charge in [-0.05, 0) is 32.4 Å². The van der Waals surface area contributed by atoms with Crippen molar-refractivity contribution < 1.29 is 4.42 Å². The highest BCUT2D eigenvalue weighted by Gasteiger charge is 2.19. The molecule has 0 fully saturated rings. The van der Waals surface area contributed by atoms with Crippen LogP contribution in [0.5, 0.6) is 0 Å². The molecule has 0 aliphatic carbocycles. The van der Waals surface area contributed by atoms with Gasteiger partial charge in [0.1, 0.15) is 11.3 Å². The predicted molar refractivity (Wildman–Crippen MR) is 84.1 cm³/mol. The summed E-state index contributed by atoms with van der Waals surface area (Å²) in [6, 6.07) is 8.54. The lowest BCUT2D eigenvalue weighted by molar-refractivity contribution is 0.414. The number of furan rings is 1. The molecule has 3 rings (SSSR count). The first-order valence-electron chi connectivity index (χ1n) is 7.29. The van der Waals surface area contributed by atoms with Gasteiger partial charge in [-0.2, -0.15) is 5.10 Å². The van der Waals surface area contributed by atoms with Gasteiger partial charge in [0, 0.05) is 30.2 Å². The normalized spacial score (nSPS) is 14.5. The molecule has 21 heavy (non-hydrogen) atoms. The lowest BCUT2D eigenvalue weighted by Crippen LogP contribution is -2.22. The Balaban J connectivity index is 1.83. The van der Waals surface area contributed by atoms with Gasteiger partial charge in [0.25, 0.3) is 0 Å². The molecule has 0 radical (unpaired) electrons. The smallest absolute Gasteiger partial charge is 0.134 e. The fraction of sp³-hybridized carbons (Fsp3) is 0.353. The molecule has 0 spiro atoms. The molecule has 1 N–H and O–H groups in total. The van der Waals surface area contributed by atoms with Crippen LogP contribution in [0.2, 0.25) is 0 Å². The molecule has 0 amide bonds. The van der Waals surface area contributed by atoms with Crippen LogP contribution in [0.15, 0.2) is 41.1 Å². The highest BCUT2D eigenvalue weighted by molar-refractivity contribution is 5.82. The molecule has 3 aromatic rings. The van der Waals surface area contributed by atoms with E-state index in [4.69, 9.17) is 4.42 Å². The Bertz CT molecular complexity index is 756. The van der Waals surface area contributed by atoms with Gasteiger partial charge in [-0.1, -0.05) is 18.2 Å². The summed E-state index contributed by atoms with van der Waals surface area (Å²) in [5.74, 6) is 1.01. The average molecular weight is 283 g/mol. The number of aryl methyl sites for hydroxylation is 2. The van der Waals surface area contributed by atoms with Crippen LogP contribution in [0, 0.1) is 6.92 Å². The third kappa shape index (κ3) is 2.59. The lowest BCUT2D eigenvalue weighted by Gasteiger charge is -2.18. The van der Waals surface area contributed by atoms with E-state index in [0.29, 0.717) is 0 Å². The summed E-state index contributed by atoms with van der Waals surface area (Å²) in [5, 5.41) is 8.99. The zero-order valence-corrected chi connectivity index (χ0v) is 12.9. The minimum absolute atomic E-state index is 0.146. The van der Waals surface area contributed by atoms with Crippen molar-refractivity contribution in [3.05, 3.63) is 53.5 Å². The van der Waals surface area contributed by atoms with Crippen LogP contribution in [0.1, 0.15) is 42.8 Å². The molecule has 0 aliphatic heterocycles. The van der Waals surface area contributed by atoms with Crippen molar-refractivity contribution >= 4 is 11.0 Å². The van der Waals surface area contributed by atoms with E-state index >= 15 is 0 Å². The Morgan fingerprint density at radius 1 is 1.19 bits per heavy atom. The molecule has 0 aliphatic rings. The second kappa shape index (κ2) is 5.37. The third-order valence-corrected chi connectivity index (χ3v) is 4.00. The number of hydrogen-bond donors (Lipinski definition) is 1. The highest BCUT2D eigenvalue weighted by Crippen LogP contribution is 2.30. The van der Waals surface area contributed by atoms with Crippen molar-refractivity contribution in [2.45, 2.75) is 32.9 Å². The van der Waals surface area contributed by atoms with Crippen LogP contribution in [-0.4, -0.2) is 9.78 Å². The summed E-state index contributed by atoms with van der Waals surface area (Å²) < 4.78 is 7.84. The van der Waals surface area contributed by atoms with E-state index in [1.165, 1.54) is 16.5 Å². The zero-order chi connectivity index (χ0) is 15.0. The van der Waals surface area contributed by atoms with Crippen LogP contribution in [0.3, 0.4) is 0 Å². The van der Waals surface area contributed by atoms with E-state index in [9.17, 15) is 0 Å². The van der Waals surface area contributed by atoms with Crippen LogP contribution in [0.25, 0.3) is 11.0 Å². The van der Waals surface area contributed by atoms with E-state index in [-0.39, 0.29) is 12.1 Å². The van der Waals surface area contributed by atoms with Crippen molar-refractivity contribution in [2.75, 3.05) is 0 Å². The topological polar surface area (TPSA) is 43.0 Å². The van der Waals surface area contributed by atoms with Crippen molar-refractivity contribution in [1.82, 2.24) is 15.1 Å². The van der Waals surface area contributed by atoms with Crippen LogP contribution < -0.4 is 5.32 Å². The van der Waals surface area contributed by atoms with Gasteiger partial charge in [-0.3, -0.25) is 4.68 Å². The first-order valence-corrected chi connectivity index (χ1v) is 7.29. The van der Waals surface area contributed by atoms with Crippen molar-refractivity contribution in [2.24, 2.45) is 7.05 Å². The van der Waals surface area contributed by atoms with E-state index < -0.39 is 0 Å². The molecule has 0 bridgehead atoms. The minimum atomic E-state index is 0.146. The Hall–Kier alpha value is -2.07. The van der Waals surface area contributed by atoms with E-state index in [1.807, 2.05) is 42.3 Å². The van der Waals surface area contributed by atoms with Gasteiger partial charge < -0.3 is 9.73 Å². The van der Waals surface area contributed by atoms with Gasteiger partial charge in [-0.15, -0.1) is 0 Å². The number of nitrogens with zero attached hydrogens (tertiary/aromatic N) is 2. The fourth-order valence-electron chi connectivity index (χ4n) is 2.82. The first-order chi connectivity index (χ1) is 10.1. The number of aromatic nitrogens is 2. The monoisotopic (exact) mass is 283 g/mol. The molecule has 2 atom stereocenters. The summed E-state index contributed by atoms with van der Waals surface area (Å²) in [4.78, 5) is 0. The molecule has 2 aromatic heterocycles. The number of benzene rings is 1. The van der Waals surface area contributed by atoms with Gasteiger partial charge in [0.05, 0.1) is 12.2 Å². The molecular weight excluding hydrogens is 262 g/mol. The maximum Gasteiger partial charge on any atom is 0.134 e. The molecule has 2 heterocycles. The molecule has 0 saturated heterocycles. The van der Waals surface area contributed by atoms with Crippen molar-refractivity contribution in [1.29, 1.82) is 0 Å². The molecule has 4 nitrogen and oxygen atoms in total. The van der Waals surface area contributed by atoms with Gasteiger partial charge in [-0.25, -0.2) is 0 Å². The van der Waals surface area contributed by atoms with Crippen LogP contribution in [0.4, 0.5) is 0 Å². The summed E-state index contributed by atoms with van der Waals surface area (Å²) in [6.07, 6.45) is 3.94. The quantitative estimate of drug-likeness (QED) is 0.790. The van der Waals surface area contributed by atoms with Gasteiger partial charge in [0.15, 0.2) is 0 Å². The Kier molecular flexibility index (Phi) is 3.55. The third-order valence-electron chi connectivity index (χ3n) is 4.00. The van der Waals surface area contributed by atoms with Gasteiger partial charge >= 0.3 is 0 Å². The molecule has 4 heteroatoms.